The summed E-state index contributed by atoms with van der Waals surface area (Å²) >= 11 is 5.88. The predicted molar refractivity (Wildman–Crippen MR) is 60.2 cm³/mol. The van der Waals surface area contributed by atoms with Gasteiger partial charge in [-0.2, -0.15) is 5.10 Å². The lowest BCUT2D eigenvalue weighted by atomic mass is 10.2. The Hall–Kier alpha value is -0.540. The molecule has 1 aliphatic heterocycles. The Morgan fingerprint density at radius 2 is 2.33 bits per heavy atom. The Kier molecular flexibility index (Phi) is 3.32. The van der Waals surface area contributed by atoms with Crippen molar-refractivity contribution >= 4 is 11.6 Å². The topological polar surface area (TPSA) is 27.1 Å². The van der Waals surface area contributed by atoms with Gasteiger partial charge in [-0.15, -0.1) is 11.6 Å². The molecule has 1 aromatic heterocycles. The first-order valence-corrected chi connectivity index (χ1v) is 5.96. The Bertz CT molecular complexity index is 343. The lowest BCUT2D eigenvalue weighted by molar-refractivity contribution is 0.0934. The molecule has 0 aromatic carbocycles. The van der Waals surface area contributed by atoms with Gasteiger partial charge in [0.05, 0.1) is 24.2 Å². The molecular weight excluding hydrogens is 212 g/mol. The third-order valence-corrected chi connectivity index (χ3v) is 3.33. The number of nitrogens with zero attached hydrogens (tertiary/aromatic N) is 2. The molecule has 84 valence electrons. The average molecular weight is 229 g/mol. The minimum absolute atomic E-state index is 0.339. The highest BCUT2D eigenvalue weighted by atomic mass is 35.5. The van der Waals surface area contributed by atoms with Crippen molar-refractivity contribution in [3.05, 3.63) is 17.0 Å². The van der Waals surface area contributed by atoms with Crippen molar-refractivity contribution in [2.45, 2.75) is 45.2 Å². The molecule has 1 aromatic rings. The fraction of sp³-hybridized carbons (Fsp3) is 0.727. The average Bonchev–Trinajstić information content (AvgIpc) is 2.78. The number of hydrogen-bond acceptors (Lipinski definition) is 2. The summed E-state index contributed by atoms with van der Waals surface area (Å²) in [5.41, 5.74) is 3.38. The molecule has 0 bridgehead atoms. The van der Waals surface area contributed by atoms with Gasteiger partial charge in [-0.1, -0.05) is 0 Å². The molecule has 1 atom stereocenters. The molecule has 0 aliphatic carbocycles. The van der Waals surface area contributed by atoms with Crippen LogP contribution in [-0.2, 0) is 17.2 Å². The number of ether oxygens (including phenoxy) is 1. The van der Waals surface area contributed by atoms with Gasteiger partial charge in [-0.25, -0.2) is 0 Å². The van der Waals surface area contributed by atoms with Crippen LogP contribution in [-0.4, -0.2) is 22.5 Å². The van der Waals surface area contributed by atoms with E-state index in [1.165, 1.54) is 12.1 Å². The van der Waals surface area contributed by atoms with Crippen molar-refractivity contribution in [1.82, 2.24) is 9.78 Å². The van der Waals surface area contributed by atoms with Gasteiger partial charge >= 0.3 is 0 Å². The second-order valence-electron chi connectivity index (χ2n) is 4.10. The highest BCUT2D eigenvalue weighted by molar-refractivity contribution is 6.17. The normalized spacial score (nSPS) is 21.1. The predicted octanol–water partition coefficient (Wildman–Crippen LogP) is 2.42. The lowest BCUT2D eigenvalue weighted by Crippen LogP contribution is -2.17. The molecule has 0 N–H and O–H groups in total. The van der Waals surface area contributed by atoms with Crippen LogP contribution in [0.5, 0.6) is 0 Å². The number of aromatic nitrogens is 2. The summed E-state index contributed by atoms with van der Waals surface area (Å²) in [5, 5.41) is 4.50. The molecule has 1 saturated heterocycles. The first kappa shape index (κ1) is 11.0. The quantitative estimate of drug-likeness (QED) is 0.743. The van der Waals surface area contributed by atoms with Crippen LogP contribution in [0.3, 0.4) is 0 Å². The molecule has 2 heterocycles. The summed E-state index contributed by atoms with van der Waals surface area (Å²) in [6, 6.07) is 0. The molecule has 0 spiro atoms. The Balaban J connectivity index is 2.13. The Labute approximate surface area is 95.4 Å². The van der Waals surface area contributed by atoms with Gasteiger partial charge in [0.1, 0.15) is 0 Å². The van der Waals surface area contributed by atoms with Gasteiger partial charge in [-0.05, 0) is 26.7 Å². The maximum atomic E-state index is 5.88. The van der Waals surface area contributed by atoms with E-state index in [4.69, 9.17) is 16.3 Å². The molecule has 3 nitrogen and oxygen atoms in total. The summed E-state index contributed by atoms with van der Waals surface area (Å²) in [4.78, 5) is 0. The molecule has 2 rings (SSSR count). The number of alkyl halides is 1. The molecule has 1 fully saturated rings. The minimum atomic E-state index is 0.339. The van der Waals surface area contributed by atoms with Crippen LogP contribution in [0.2, 0.25) is 0 Å². The molecule has 15 heavy (non-hydrogen) atoms. The maximum Gasteiger partial charge on any atom is 0.0771 e. The van der Waals surface area contributed by atoms with Gasteiger partial charge < -0.3 is 4.74 Å². The van der Waals surface area contributed by atoms with Crippen LogP contribution in [0, 0.1) is 13.8 Å². The Morgan fingerprint density at radius 3 is 2.87 bits per heavy atom. The first-order valence-electron chi connectivity index (χ1n) is 5.43. The first-order chi connectivity index (χ1) is 7.22. The van der Waals surface area contributed by atoms with E-state index in [0.29, 0.717) is 12.0 Å². The van der Waals surface area contributed by atoms with E-state index in [1.807, 2.05) is 11.6 Å². The summed E-state index contributed by atoms with van der Waals surface area (Å²) < 4.78 is 7.63. The molecule has 1 unspecified atom stereocenters. The third-order valence-electron chi connectivity index (χ3n) is 3.07. The van der Waals surface area contributed by atoms with Crippen LogP contribution in [0.4, 0.5) is 0 Å². The van der Waals surface area contributed by atoms with Gasteiger partial charge in [0.25, 0.3) is 0 Å². The highest BCUT2D eigenvalue weighted by Crippen LogP contribution is 2.19. The zero-order valence-electron chi connectivity index (χ0n) is 9.29. The SMILES string of the molecule is Cc1nn(CC2CCCO2)c(C)c1CCl. The van der Waals surface area contributed by atoms with Crippen LogP contribution in [0.15, 0.2) is 0 Å². The summed E-state index contributed by atoms with van der Waals surface area (Å²) in [6.07, 6.45) is 2.66. The van der Waals surface area contributed by atoms with E-state index in [-0.39, 0.29) is 0 Å². The van der Waals surface area contributed by atoms with Gasteiger partial charge in [0.2, 0.25) is 0 Å². The van der Waals surface area contributed by atoms with E-state index >= 15 is 0 Å². The highest BCUT2D eigenvalue weighted by Gasteiger charge is 2.18. The zero-order valence-corrected chi connectivity index (χ0v) is 10.0. The largest absolute Gasteiger partial charge is 0.376 e. The van der Waals surface area contributed by atoms with Crippen molar-refractivity contribution in [3.63, 3.8) is 0 Å². The summed E-state index contributed by atoms with van der Waals surface area (Å²) in [6.45, 7) is 5.85. The molecule has 0 saturated carbocycles. The number of rotatable bonds is 3. The fourth-order valence-corrected chi connectivity index (χ4v) is 2.47. The molecular formula is C11H17ClN2O. The molecule has 0 amide bonds. The second kappa shape index (κ2) is 4.54. The van der Waals surface area contributed by atoms with Gasteiger partial charge in [0, 0.05) is 17.9 Å². The van der Waals surface area contributed by atoms with Crippen LogP contribution in [0.1, 0.15) is 29.8 Å². The lowest BCUT2D eigenvalue weighted by Gasteiger charge is -2.10. The van der Waals surface area contributed by atoms with Crippen molar-refractivity contribution in [3.8, 4) is 0 Å². The number of aryl methyl sites for hydroxylation is 1. The third kappa shape index (κ3) is 2.18. The van der Waals surface area contributed by atoms with Gasteiger partial charge in [0.15, 0.2) is 0 Å². The van der Waals surface area contributed by atoms with E-state index in [9.17, 15) is 0 Å². The standard InChI is InChI=1S/C11H17ClN2O/c1-8-11(6-12)9(2)14(13-8)7-10-4-3-5-15-10/h10H,3-7H2,1-2H3. The molecule has 1 aliphatic rings. The van der Waals surface area contributed by atoms with Crippen molar-refractivity contribution in [1.29, 1.82) is 0 Å². The summed E-state index contributed by atoms with van der Waals surface area (Å²) in [7, 11) is 0. The fourth-order valence-electron chi connectivity index (χ4n) is 2.09. The summed E-state index contributed by atoms with van der Waals surface area (Å²) in [5.74, 6) is 0.545. The van der Waals surface area contributed by atoms with E-state index in [0.717, 1.165) is 30.8 Å². The van der Waals surface area contributed by atoms with Gasteiger partial charge in [-0.3, -0.25) is 4.68 Å². The van der Waals surface area contributed by atoms with Crippen LogP contribution >= 0.6 is 11.6 Å². The van der Waals surface area contributed by atoms with Crippen molar-refractivity contribution in [2.24, 2.45) is 0 Å². The molecule has 4 heteroatoms. The van der Waals surface area contributed by atoms with Crippen molar-refractivity contribution in [2.75, 3.05) is 6.61 Å². The van der Waals surface area contributed by atoms with Crippen LogP contribution in [0.25, 0.3) is 0 Å². The second-order valence-corrected chi connectivity index (χ2v) is 4.37. The zero-order chi connectivity index (χ0) is 10.8. The monoisotopic (exact) mass is 228 g/mol. The van der Waals surface area contributed by atoms with E-state index < -0.39 is 0 Å². The van der Waals surface area contributed by atoms with Crippen molar-refractivity contribution < 1.29 is 4.74 Å². The number of hydrogen-bond donors (Lipinski definition) is 0. The van der Waals surface area contributed by atoms with E-state index in [2.05, 4.69) is 12.0 Å². The number of halogens is 1. The smallest absolute Gasteiger partial charge is 0.0771 e. The maximum absolute atomic E-state index is 5.88. The minimum Gasteiger partial charge on any atom is -0.376 e. The van der Waals surface area contributed by atoms with E-state index in [1.54, 1.807) is 0 Å². The van der Waals surface area contributed by atoms with Crippen LogP contribution < -0.4 is 0 Å². The molecule has 0 radical (unpaired) electrons. The Morgan fingerprint density at radius 1 is 1.53 bits per heavy atom.